The van der Waals surface area contributed by atoms with Gasteiger partial charge in [0.25, 0.3) is 11.7 Å². The first-order valence-corrected chi connectivity index (χ1v) is 11.0. The van der Waals surface area contributed by atoms with Crippen molar-refractivity contribution in [2.75, 3.05) is 18.8 Å². The fraction of sp³-hybridized carbons (Fsp3) is 0.238. The predicted molar refractivity (Wildman–Crippen MR) is 107 cm³/mol. The number of fused-ring (bicyclic) bond motifs is 1. The largest absolute Gasteiger partial charge is 0.360 e. The SMILES string of the molecule is O=C(C(=O)N1CCC(c2ccccc2F)S(=O)(=O)CC1)c1c[nH]c2ccccc12. The molecule has 8 heteroatoms. The van der Waals surface area contributed by atoms with Crippen molar-refractivity contribution in [2.45, 2.75) is 11.7 Å². The quantitative estimate of drug-likeness (QED) is 0.527. The van der Waals surface area contributed by atoms with Crippen LogP contribution in [0, 0.1) is 5.82 Å². The molecule has 1 aliphatic rings. The van der Waals surface area contributed by atoms with Crippen LogP contribution in [0.2, 0.25) is 0 Å². The summed E-state index contributed by atoms with van der Waals surface area (Å²) < 4.78 is 39.6. The van der Waals surface area contributed by atoms with Gasteiger partial charge in [0, 0.05) is 35.8 Å². The number of nitrogens with one attached hydrogen (secondary N) is 1. The normalized spacial score (nSPS) is 19.1. The van der Waals surface area contributed by atoms with Gasteiger partial charge >= 0.3 is 0 Å². The first-order chi connectivity index (χ1) is 13.9. The standard InChI is InChI=1S/C21H19FN2O4S/c22-17-7-3-1-6-15(17)19-9-10-24(11-12-29(19,27)28)21(26)20(25)16-13-23-18-8-4-2-5-14(16)18/h1-8,13,19,23H,9-12H2. The third kappa shape index (κ3) is 3.55. The third-order valence-corrected chi connectivity index (χ3v) is 7.42. The van der Waals surface area contributed by atoms with E-state index in [4.69, 9.17) is 0 Å². The molecule has 1 fully saturated rings. The average Bonchev–Trinajstić information content (AvgIpc) is 3.07. The number of aromatic amines is 1. The number of hydrogen-bond donors (Lipinski definition) is 1. The molecule has 0 spiro atoms. The molecule has 1 N–H and O–H groups in total. The van der Waals surface area contributed by atoms with Gasteiger partial charge in [-0.3, -0.25) is 9.59 Å². The summed E-state index contributed by atoms with van der Waals surface area (Å²) in [4.78, 5) is 29.8. The van der Waals surface area contributed by atoms with Gasteiger partial charge in [-0.1, -0.05) is 36.4 Å². The Morgan fingerprint density at radius 1 is 1.03 bits per heavy atom. The minimum atomic E-state index is -3.67. The molecule has 6 nitrogen and oxygen atoms in total. The molecule has 2 heterocycles. The van der Waals surface area contributed by atoms with Crippen molar-refractivity contribution in [2.24, 2.45) is 0 Å². The summed E-state index contributed by atoms with van der Waals surface area (Å²) in [5, 5.41) is -0.401. The summed E-state index contributed by atoms with van der Waals surface area (Å²) in [6.07, 6.45) is 1.53. The molecule has 0 aliphatic carbocycles. The van der Waals surface area contributed by atoms with Crippen molar-refractivity contribution in [3.05, 3.63) is 71.7 Å². The summed E-state index contributed by atoms with van der Waals surface area (Å²) in [5.41, 5.74) is 1.09. The maximum absolute atomic E-state index is 14.2. The lowest BCUT2D eigenvalue weighted by molar-refractivity contribution is -0.126. The van der Waals surface area contributed by atoms with E-state index in [1.165, 1.54) is 29.3 Å². The van der Waals surface area contributed by atoms with Crippen molar-refractivity contribution in [1.29, 1.82) is 0 Å². The number of hydrogen-bond acceptors (Lipinski definition) is 4. The van der Waals surface area contributed by atoms with Crippen LogP contribution in [0.5, 0.6) is 0 Å². The maximum Gasteiger partial charge on any atom is 0.295 e. The van der Waals surface area contributed by atoms with Gasteiger partial charge in [0.05, 0.1) is 16.6 Å². The van der Waals surface area contributed by atoms with Gasteiger partial charge in [0.15, 0.2) is 9.84 Å². The summed E-state index contributed by atoms with van der Waals surface area (Å²) in [7, 11) is -3.67. The molecule has 1 aromatic heterocycles. The van der Waals surface area contributed by atoms with E-state index in [0.29, 0.717) is 5.39 Å². The van der Waals surface area contributed by atoms with Gasteiger partial charge in [-0.15, -0.1) is 0 Å². The van der Waals surface area contributed by atoms with E-state index in [0.717, 1.165) is 5.52 Å². The van der Waals surface area contributed by atoms with Crippen molar-refractivity contribution >= 4 is 32.4 Å². The summed E-state index contributed by atoms with van der Waals surface area (Å²) in [6.45, 7) is -0.0363. The molecular formula is C21H19FN2O4S. The number of para-hydroxylation sites is 1. The molecule has 2 aromatic carbocycles. The number of H-pyrrole nitrogens is 1. The number of benzene rings is 2. The summed E-state index contributed by atoms with van der Waals surface area (Å²) in [6, 6.07) is 12.9. The van der Waals surface area contributed by atoms with Crippen LogP contribution in [0.3, 0.4) is 0 Å². The molecule has 3 aromatic rings. The second kappa shape index (κ2) is 7.44. The molecule has 29 heavy (non-hydrogen) atoms. The zero-order chi connectivity index (χ0) is 20.6. The van der Waals surface area contributed by atoms with Crippen LogP contribution >= 0.6 is 0 Å². The van der Waals surface area contributed by atoms with Gasteiger partial charge < -0.3 is 9.88 Å². The number of Topliss-reactive ketones (excluding diaryl/α,β-unsaturated/α-hetero) is 1. The summed E-state index contributed by atoms with van der Waals surface area (Å²) in [5.74, 6) is -2.35. The van der Waals surface area contributed by atoms with Gasteiger partial charge in [-0.05, 0) is 18.6 Å². The van der Waals surface area contributed by atoms with E-state index in [-0.39, 0.29) is 36.4 Å². The molecule has 0 saturated carbocycles. The Balaban J connectivity index is 1.58. The van der Waals surface area contributed by atoms with Crippen LogP contribution in [0.4, 0.5) is 4.39 Å². The smallest absolute Gasteiger partial charge is 0.295 e. The summed E-state index contributed by atoms with van der Waals surface area (Å²) >= 11 is 0. The number of rotatable bonds is 3. The molecule has 1 unspecified atom stereocenters. The Hall–Kier alpha value is -3.00. The van der Waals surface area contributed by atoms with E-state index in [1.807, 2.05) is 6.07 Å². The van der Waals surface area contributed by atoms with Gasteiger partial charge in [0.1, 0.15) is 5.82 Å². The zero-order valence-corrected chi connectivity index (χ0v) is 16.3. The second-order valence-corrected chi connectivity index (χ2v) is 9.34. The lowest BCUT2D eigenvalue weighted by Crippen LogP contribution is -2.38. The van der Waals surface area contributed by atoms with Crippen molar-refractivity contribution in [3.63, 3.8) is 0 Å². The maximum atomic E-state index is 14.2. The lowest BCUT2D eigenvalue weighted by atomic mass is 10.1. The predicted octanol–water partition coefficient (Wildman–Crippen LogP) is 2.88. The highest BCUT2D eigenvalue weighted by Gasteiger charge is 2.35. The van der Waals surface area contributed by atoms with E-state index in [9.17, 15) is 22.4 Å². The van der Waals surface area contributed by atoms with E-state index in [2.05, 4.69) is 4.98 Å². The zero-order valence-electron chi connectivity index (χ0n) is 15.5. The number of carbonyl (C=O) groups excluding carboxylic acids is 2. The van der Waals surface area contributed by atoms with Crippen LogP contribution in [0.15, 0.2) is 54.7 Å². The van der Waals surface area contributed by atoms with Crippen LogP contribution in [-0.4, -0.2) is 48.8 Å². The number of nitrogens with zero attached hydrogens (tertiary/aromatic N) is 1. The fourth-order valence-corrected chi connectivity index (χ4v) is 5.55. The number of aromatic nitrogens is 1. The van der Waals surface area contributed by atoms with Gasteiger partial charge in [-0.25, -0.2) is 12.8 Å². The Morgan fingerprint density at radius 2 is 1.76 bits per heavy atom. The van der Waals surface area contributed by atoms with Crippen molar-refractivity contribution < 1.29 is 22.4 Å². The van der Waals surface area contributed by atoms with Crippen LogP contribution in [-0.2, 0) is 14.6 Å². The number of amides is 1. The molecular weight excluding hydrogens is 395 g/mol. The van der Waals surface area contributed by atoms with Gasteiger partial charge in [0.2, 0.25) is 0 Å². The molecule has 1 aliphatic heterocycles. The number of halogens is 1. The highest BCUT2D eigenvalue weighted by Crippen LogP contribution is 2.31. The van der Waals surface area contributed by atoms with Gasteiger partial charge in [-0.2, -0.15) is 0 Å². The highest BCUT2D eigenvalue weighted by molar-refractivity contribution is 7.91. The minimum Gasteiger partial charge on any atom is -0.360 e. The highest BCUT2D eigenvalue weighted by atomic mass is 32.2. The van der Waals surface area contributed by atoms with E-state index < -0.39 is 32.6 Å². The molecule has 0 radical (unpaired) electrons. The molecule has 1 amide bonds. The van der Waals surface area contributed by atoms with Crippen molar-refractivity contribution in [1.82, 2.24) is 9.88 Å². The monoisotopic (exact) mass is 414 g/mol. The van der Waals surface area contributed by atoms with Crippen molar-refractivity contribution in [3.8, 4) is 0 Å². The molecule has 0 bridgehead atoms. The minimum absolute atomic E-state index is 0.0379. The lowest BCUT2D eigenvalue weighted by Gasteiger charge is -2.19. The molecule has 150 valence electrons. The second-order valence-electron chi connectivity index (χ2n) is 7.04. The number of carbonyl (C=O) groups is 2. The molecule has 1 saturated heterocycles. The Bertz CT molecular complexity index is 1200. The average molecular weight is 414 g/mol. The topological polar surface area (TPSA) is 87.3 Å². The van der Waals surface area contributed by atoms with E-state index >= 15 is 0 Å². The fourth-order valence-electron chi connectivity index (χ4n) is 3.75. The molecule has 4 rings (SSSR count). The van der Waals surface area contributed by atoms with Crippen LogP contribution in [0.1, 0.15) is 27.6 Å². The third-order valence-electron chi connectivity index (χ3n) is 5.31. The number of ketones is 1. The van der Waals surface area contributed by atoms with Crippen LogP contribution in [0.25, 0.3) is 10.9 Å². The Labute approximate surface area is 167 Å². The Morgan fingerprint density at radius 3 is 2.55 bits per heavy atom. The van der Waals surface area contributed by atoms with E-state index in [1.54, 1.807) is 24.3 Å². The first kappa shape index (κ1) is 19.3. The number of sulfone groups is 1. The molecule has 1 atom stereocenters. The first-order valence-electron chi connectivity index (χ1n) is 9.24. The van der Waals surface area contributed by atoms with Crippen LogP contribution < -0.4 is 0 Å². The Kier molecular flexibility index (Phi) is 4.96.